The van der Waals surface area contributed by atoms with Crippen molar-refractivity contribution >= 4 is 35.3 Å². The number of carbonyl (C=O) groups is 2. The van der Waals surface area contributed by atoms with Gasteiger partial charge in [0.25, 0.3) is 0 Å². The Kier molecular flexibility index (Phi) is 7.63. The van der Waals surface area contributed by atoms with Crippen molar-refractivity contribution in [3.63, 3.8) is 0 Å². The van der Waals surface area contributed by atoms with Crippen LogP contribution in [-0.4, -0.2) is 32.2 Å². The van der Waals surface area contributed by atoms with Crippen molar-refractivity contribution in [1.29, 1.82) is 0 Å². The maximum Gasteiger partial charge on any atom is 0.240 e. The van der Waals surface area contributed by atoms with E-state index < -0.39 is 0 Å². The maximum absolute atomic E-state index is 11.9. The van der Waals surface area contributed by atoms with E-state index in [-0.39, 0.29) is 24.7 Å². The molecule has 0 fully saturated rings. The first-order valence-corrected chi connectivity index (χ1v) is 8.49. The van der Waals surface area contributed by atoms with E-state index in [9.17, 15) is 9.59 Å². The number of hydrazone groups is 1. The summed E-state index contributed by atoms with van der Waals surface area (Å²) in [7, 11) is 3.09. The molecule has 2 aromatic rings. The van der Waals surface area contributed by atoms with Gasteiger partial charge in [-0.1, -0.05) is 17.7 Å². The number of halogens is 1. The molecule has 2 amide bonds. The van der Waals surface area contributed by atoms with Crippen molar-refractivity contribution in [1.82, 2.24) is 5.43 Å². The standard InChI is InChI=1S/C19H20ClN3O4/c1-26-16-6-7-17(27-2)13(10-16)12-21-23-19(25)9-8-18(24)22-15-5-3-4-14(20)11-15/h3-7,10-12H,8-9H2,1-2H3,(H,22,24)(H,23,25)/b21-12-. The second-order valence-corrected chi connectivity index (χ2v) is 5.90. The van der Waals surface area contributed by atoms with E-state index in [2.05, 4.69) is 15.8 Å². The van der Waals surface area contributed by atoms with E-state index in [0.717, 1.165) is 0 Å². The van der Waals surface area contributed by atoms with Gasteiger partial charge in [-0.3, -0.25) is 9.59 Å². The summed E-state index contributed by atoms with van der Waals surface area (Å²) in [5.74, 6) is 0.566. The molecule has 2 aromatic carbocycles. The molecule has 0 saturated carbocycles. The van der Waals surface area contributed by atoms with Gasteiger partial charge in [0, 0.05) is 29.1 Å². The van der Waals surface area contributed by atoms with Crippen molar-refractivity contribution in [2.45, 2.75) is 12.8 Å². The van der Waals surface area contributed by atoms with Gasteiger partial charge in [0.1, 0.15) is 11.5 Å². The third-order valence-electron chi connectivity index (χ3n) is 3.52. The molecule has 27 heavy (non-hydrogen) atoms. The normalized spacial score (nSPS) is 10.5. The molecule has 0 unspecified atom stereocenters. The summed E-state index contributed by atoms with van der Waals surface area (Å²) in [5, 5.41) is 7.09. The Labute approximate surface area is 162 Å². The van der Waals surface area contributed by atoms with Gasteiger partial charge in [-0.25, -0.2) is 5.43 Å². The van der Waals surface area contributed by atoms with Crippen LogP contribution < -0.4 is 20.2 Å². The van der Waals surface area contributed by atoms with Gasteiger partial charge in [0.15, 0.2) is 0 Å². The molecule has 2 rings (SSSR count). The van der Waals surface area contributed by atoms with Crippen LogP contribution in [0.5, 0.6) is 11.5 Å². The Morgan fingerprint density at radius 2 is 1.85 bits per heavy atom. The van der Waals surface area contributed by atoms with Gasteiger partial charge in [-0.05, 0) is 36.4 Å². The largest absolute Gasteiger partial charge is 0.497 e. The first kappa shape index (κ1) is 20.3. The fourth-order valence-corrected chi connectivity index (χ4v) is 2.38. The highest BCUT2D eigenvalue weighted by atomic mass is 35.5. The minimum atomic E-state index is -0.380. The first-order valence-electron chi connectivity index (χ1n) is 8.11. The minimum Gasteiger partial charge on any atom is -0.497 e. The monoisotopic (exact) mass is 389 g/mol. The van der Waals surface area contributed by atoms with Gasteiger partial charge in [-0.2, -0.15) is 5.10 Å². The Morgan fingerprint density at radius 3 is 2.56 bits per heavy atom. The fourth-order valence-electron chi connectivity index (χ4n) is 2.19. The molecule has 0 aliphatic heterocycles. The molecule has 0 bridgehead atoms. The third kappa shape index (κ3) is 6.63. The number of anilines is 1. The Balaban J connectivity index is 1.82. The lowest BCUT2D eigenvalue weighted by Gasteiger charge is -2.07. The zero-order chi connectivity index (χ0) is 19.6. The fraction of sp³-hybridized carbons (Fsp3) is 0.211. The molecule has 142 valence electrons. The molecule has 0 atom stereocenters. The van der Waals surface area contributed by atoms with Crippen molar-refractivity contribution in [2.75, 3.05) is 19.5 Å². The molecule has 0 aromatic heterocycles. The average molecular weight is 390 g/mol. The third-order valence-corrected chi connectivity index (χ3v) is 3.75. The first-order chi connectivity index (χ1) is 13.0. The highest BCUT2D eigenvalue weighted by Crippen LogP contribution is 2.22. The number of ether oxygens (including phenoxy) is 2. The predicted molar refractivity (Wildman–Crippen MR) is 105 cm³/mol. The van der Waals surface area contributed by atoms with Crippen LogP contribution in [0.3, 0.4) is 0 Å². The molecule has 0 radical (unpaired) electrons. The van der Waals surface area contributed by atoms with E-state index in [1.54, 1.807) is 49.6 Å². The van der Waals surface area contributed by atoms with Crippen molar-refractivity contribution in [2.24, 2.45) is 5.10 Å². The highest BCUT2D eigenvalue weighted by molar-refractivity contribution is 6.30. The van der Waals surface area contributed by atoms with Crippen LogP contribution in [-0.2, 0) is 9.59 Å². The number of methoxy groups -OCH3 is 2. The SMILES string of the molecule is COc1ccc(OC)c(/C=N\NC(=O)CCC(=O)Nc2cccc(Cl)c2)c1. The Morgan fingerprint density at radius 1 is 1.07 bits per heavy atom. The summed E-state index contributed by atoms with van der Waals surface area (Å²) >= 11 is 5.86. The van der Waals surface area contributed by atoms with E-state index in [4.69, 9.17) is 21.1 Å². The zero-order valence-corrected chi connectivity index (χ0v) is 15.7. The van der Waals surface area contributed by atoms with Gasteiger partial charge in [0.2, 0.25) is 11.8 Å². The second kappa shape index (κ2) is 10.2. The maximum atomic E-state index is 11.9. The van der Waals surface area contributed by atoms with Crippen molar-refractivity contribution in [3.05, 3.63) is 53.1 Å². The van der Waals surface area contributed by atoms with E-state index in [1.165, 1.54) is 13.3 Å². The number of nitrogens with one attached hydrogen (secondary N) is 2. The smallest absolute Gasteiger partial charge is 0.240 e. The highest BCUT2D eigenvalue weighted by Gasteiger charge is 2.07. The summed E-state index contributed by atoms with van der Waals surface area (Å²) in [5.41, 5.74) is 3.61. The second-order valence-electron chi connectivity index (χ2n) is 5.46. The molecular weight excluding hydrogens is 370 g/mol. The van der Waals surface area contributed by atoms with Crippen LogP contribution in [0.25, 0.3) is 0 Å². The molecule has 2 N–H and O–H groups in total. The number of amides is 2. The van der Waals surface area contributed by atoms with Crippen LogP contribution in [0, 0.1) is 0 Å². The number of rotatable bonds is 8. The lowest BCUT2D eigenvalue weighted by atomic mass is 10.2. The molecule has 0 heterocycles. The van der Waals surface area contributed by atoms with Gasteiger partial charge in [0.05, 0.1) is 20.4 Å². The summed E-state index contributed by atoms with van der Waals surface area (Å²) in [6.45, 7) is 0. The van der Waals surface area contributed by atoms with Crippen LogP contribution in [0.2, 0.25) is 5.02 Å². The van der Waals surface area contributed by atoms with Gasteiger partial charge in [-0.15, -0.1) is 0 Å². The summed E-state index contributed by atoms with van der Waals surface area (Å²) in [6.07, 6.45) is 1.47. The molecule has 0 spiro atoms. The lowest BCUT2D eigenvalue weighted by Crippen LogP contribution is -2.20. The van der Waals surface area contributed by atoms with Gasteiger partial charge < -0.3 is 14.8 Å². The predicted octanol–water partition coefficient (Wildman–Crippen LogP) is 3.23. The molecule has 0 saturated heterocycles. The zero-order valence-electron chi connectivity index (χ0n) is 15.0. The summed E-state index contributed by atoms with van der Waals surface area (Å²) in [6, 6.07) is 12.0. The van der Waals surface area contributed by atoms with Crippen LogP contribution in [0.15, 0.2) is 47.6 Å². The van der Waals surface area contributed by atoms with Gasteiger partial charge >= 0.3 is 0 Å². The van der Waals surface area contributed by atoms with Crippen molar-refractivity contribution < 1.29 is 19.1 Å². The van der Waals surface area contributed by atoms with E-state index >= 15 is 0 Å². The number of hydrogen-bond acceptors (Lipinski definition) is 5. The van der Waals surface area contributed by atoms with Crippen LogP contribution in [0.1, 0.15) is 18.4 Å². The summed E-state index contributed by atoms with van der Waals surface area (Å²) < 4.78 is 10.4. The molecular formula is C19H20ClN3O4. The van der Waals surface area contributed by atoms with E-state index in [1.807, 2.05) is 0 Å². The van der Waals surface area contributed by atoms with Crippen molar-refractivity contribution in [3.8, 4) is 11.5 Å². The lowest BCUT2D eigenvalue weighted by molar-refractivity contribution is -0.124. The number of hydrogen-bond donors (Lipinski definition) is 2. The minimum absolute atomic E-state index is 0.00101. The van der Waals surface area contributed by atoms with E-state index in [0.29, 0.717) is 27.8 Å². The number of carbonyl (C=O) groups excluding carboxylic acids is 2. The van der Waals surface area contributed by atoms with Crippen LogP contribution in [0.4, 0.5) is 5.69 Å². The Hall–Kier alpha value is -3.06. The molecule has 0 aliphatic rings. The molecule has 8 heteroatoms. The molecule has 7 nitrogen and oxygen atoms in total. The Bertz CT molecular complexity index is 839. The quantitative estimate of drug-likeness (QED) is 0.536. The topological polar surface area (TPSA) is 89.0 Å². The number of nitrogens with zero attached hydrogens (tertiary/aromatic N) is 1. The summed E-state index contributed by atoms with van der Waals surface area (Å²) in [4.78, 5) is 23.7. The van der Waals surface area contributed by atoms with Crippen LogP contribution >= 0.6 is 11.6 Å². The average Bonchev–Trinajstić information content (AvgIpc) is 2.66. The number of benzene rings is 2. The molecule has 0 aliphatic carbocycles.